The quantitative estimate of drug-likeness (QED) is 0.565. The molecule has 134 valence electrons. The van der Waals surface area contributed by atoms with Gasteiger partial charge < -0.3 is 0 Å². The second kappa shape index (κ2) is 6.49. The van der Waals surface area contributed by atoms with Crippen LogP contribution in [-0.2, 0) is 6.42 Å². The maximum atomic E-state index is 12.3. The molecule has 0 aromatic heterocycles. The van der Waals surface area contributed by atoms with Crippen LogP contribution in [0.2, 0.25) is 0 Å². The molecule has 1 unspecified atom stereocenters. The van der Waals surface area contributed by atoms with Crippen molar-refractivity contribution in [3.63, 3.8) is 0 Å². The number of benzene rings is 2. The summed E-state index contributed by atoms with van der Waals surface area (Å²) in [6.45, 7) is 3.92. The lowest BCUT2D eigenvalue weighted by molar-refractivity contribution is 0.0994. The van der Waals surface area contributed by atoms with Crippen LogP contribution in [0, 0.1) is 0 Å². The topological polar surface area (TPSA) is 17.1 Å². The van der Waals surface area contributed by atoms with Crippen molar-refractivity contribution in [2.24, 2.45) is 0 Å². The number of carbonyl (C=O) groups excluding carboxylic acids is 1. The van der Waals surface area contributed by atoms with E-state index in [1.165, 1.54) is 39.0 Å². The Bertz CT molecular complexity index is 1020. The second-order valence-corrected chi connectivity index (χ2v) is 7.84. The minimum Gasteiger partial charge on any atom is -0.294 e. The van der Waals surface area contributed by atoms with E-state index in [1.807, 2.05) is 6.08 Å². The largest absolute Gasteiger partial charge is 0.294 e. The van der Waals surface area contributed by atoms with Gasteiger partial charge in [0.1, 0.15) is 0 Å². The van der Waals surface area contributed by atoms with Crippen molar-refractivity contribution >= 4 is 11.4 Å². The molecule has 5 rings (SSSR count). The molecule has 0 heterocycles. The fourth-order valence-corrected chi connectivity index (χ4v) is 5.02. The van der Waals surface area contributed by atoms with Gasteiger partial charge >= 0.3 is 0 Å². The Labute approximate surface area is 161 Å². The highest BCUT2D eigenvalue weighted by Gasteiger charge is 2.34. The smallest absolute Gasteiger partial charge is 0.163 e. The van der Waals surface area contributed by atoms with Gasteiger partial charge in [0.25, 0.3) is 0 Å². The summed E-state index contributed by atoms with van der Waals surface area (Å²) in [6, 6.07) is 11.3. The SMILES string of the molecule is C=CCCC1c2ccc(C3=CCCC=C3)cc2-c2c1ccc1c2CCC1=O. The highest BCUT2D eigenvalue weighted by molar-refractivity contribution is 6.04. The molecule has 0 radical (unpaired) electrons. The summed E-state index contributed by atoms with van der Waals surface area (Å²) in [5.41, 5.74) is 10.4. The van der Waals surface area contributed by atoms with Gasteiger partial charge in [-0.3, -0.25) is 4.79 Å². The highest BCUT2D eigenvalue weighted by Crippen LogP contribution is 2.51. The van der Waals surface area contributed by atoms with Gasteiger partial charge in [-0.25, -0.2) is 0 Å². The standard InChI is InChI=1S/C26H24O/c1-2-3-9-19-20-11-10-18(17-7-5-4-6-8-17)16-24(20)26-22(19)13-12-21-23(26)14-15-25(21)27/h2,5,7-8,10-13,16,19H,1,3-4,6,9,14-15H2. The maximum absolute atomic E-state index is 12.3. The van der Waals surface area contributed by atoms with Crippen LogP contribution >= 0.6 is 0 Å². The van der Waals surface area contributed by atoms with Crippen LogP contribution in [0.3, 0.4) is 0 Å². The summed E-state index contributed by atoms with van der Waals surface area (Å²) >= 11 is 0. The predicted molar refractivity (Wildman–Crippen MR) is 112 cm³/mol. The lowest BCUT2D eigenvalue weighted by atomic mass is 9.90. The summed E-state index contributed by atoms with van der Waals surface area (Å²) in [5.74, 6) is 0.719. The third kappa shape index (κ3) is 2.56. The number of hydrogen-bond donors (Lipinski definition) is 0. The third-order valence-corrected chi connectivity index (χ3v) is 6.31. The first-order chi connectivity index (χ1) is 13.3. The molecular formula is C26H24O. The first kappa shape index (κ1) is 16.5. The Balaban J connectivity index is 1.70. The maximum Gasteiger partial charge on any atom is 0.163 e. The molecule has 0 aliphatic heterocycles. The van der Waals surface area contributed by atoms with E-state index < -0.39 is 0 Å². The van der Waals surface area contributed by atoms with E-state index >= 15 is 0 Å². The first-order valence-corrected chi connectivity index (χ1v) is 10.1. The summed E-state index contributed by atoms with van der Waals surface area (Å²) < 4.78 is 0. The summed E-state index contributed by atoms with van der Waals surface area (Å²) in [4.78, 5) is 12.3. The fourth-order valence-electron chi connectivity index (χ4n) is 5.02. The van der Waals surface area contributed by atoms with Gasteiger partial charge in [-0.1, -0.05) is 48.6 Å². The Hall–Kier alpha value is -2.67. The number of ketones is 1. The summed E-state index contributed by atoms with van der Waals surface area (Å²) in [6.07, 6.45) is 14.8. The number of carbonyl (C=O) groups is 1. The average molecular weight is 352 g/mol. The number of allylic oxidation sites excluding steroid dienone is 5. The normalized spacial score (nSPS) is 19.5. The van der Waals surface area contributed by atoms with E-state index in [-0.39, 0.29) is 0 Å². The summed E-state index contributed by atoms with van der Waals surface area (Å²) in [7, 11) is 0. The van der Waals surface area contributed by atoms with Crippen LogP contribution < -0.4 is 0 Å². The van der Waals surface area contributed by atoms with E-state index in [9.17, 15) is 4.79 Å². The van der Waals surface area contributed by atoms with E-state index in [1.54, 1.807) is 0 Å². The zero-order valence-corrected chi connectivity index (χ0v) is 15.6. The molecule has 0 saturated carbocycles. The molecule has 1 heteroatoms. The molecule has 2 aromatic carbocycles. The molecule has 0 saturated heterocycles. The second-order valence-electron chi connectivity index (χ2n) is 7.84. The molecule has 0 N–H and O–H groups in total. The van der Waals surface area contributed by atoms with Gasteiger partial charge in [-0.15, -0.1) is 6.58 Å². The molecule has 27 heavy (non-hydrogen) atoms. The molecule has 0 spiro atoms. The zero-order chi connectivity index (χ0) is 18.4. The van der Waals surface area contributed by atoms with Crippen molar-refractivity contribution in [2.75, 3.05) is 0 Å². The number of fused-ring (bicyclic) bond motifs is 5. The predicted octanol–water partition coefficient (Wildman–Crippen LogP) is 6.63. The van der Waals surface area contributed by atoms with Gasteiger partial charge in [0.15, 0.2) is 5.78 Å². The van der Waals surface area contributed by atoms with Crippen molar-refractivity contribution in [2.45, 2.75) is 44.4 Å². The van der Waals surface area contributed by atoms with E-state index in [0.717, 1.165) is 37.7 Å². The van der Waals surface area contributed by atoms with Crippen LogP contribution in [0.1, 0.15) is 70.6 Å². The van der Waals surface area contributed by atoms with Gasteiger partial charge in [-0.2, -0.15) is 0 Å². The van der Waals surface area contributed by atoms with Crippen LogP contribution in [0.4, 0.5) is 0 Å². The molecule has 0 amide bonds. The lowest BCUT2D eigenvalue weighted by Gasteiger charge is -2.13. The Morgan fingerprint density at radius 2 is 1.93 bits per heavy atom. The minimum atomic E-state index is 0.304. The molecule has 1 nitrogen and oxygen atoms in total. The molecular weight excluding hydrogens is 328 g/mol. The van der Waals surface area contributed by atoms with E-state index in [2.05, 4.69) is 55.1 Å². The van der Waals surface area contributed by atoms with Gasteiger partial charge in [0.05, 0.1) is 0 Å². The Morgan fingerprint density at radius 1 is 1.04 bits per heavy atom. The van der Waals surface area contributed by atoms with E-state index in [4.69, 9.17) is 0 Å². The molecule has 0 bridgehead atoms. The Kier molecular flexibility index (Phi) is 3.97. The van der Waals surface area contributed by atoms with Crippen molar-refractivity contribution in [1.29, 1.82) is 0 Å². The third-order valence-electron chi connectivity index (χ3n) is 6.31. The van der Waals surface area contributed by atoms with Crippen LogP contribution in [-0.4, -0.2) is 5.78 Å². The van der Waals surface area contributed by atoms with Crippen LogP contribution in [0.25, 0.3) is 16.7 Å². The van der Waals surface area contributed by atoms with Crippen molar-refractivity contribution in [1.82, 2.24) is 0 Å². The molecule has 1 atom stereocenters. The minimum absolute atomic E-state index is 0.304. The van der Waals surface area contributed by atoms with E-state index in [0.29, 0.717) is 18.1 Å². The van der Waals surface area contributed by atoms with Gasteiger partial charge in [0.2, 0.25) is 0 Å². The van der Waals surface area contributed by atoms with Gasteiger partial charge in [0, 0.05) is 17.9 Å². The molecule has 3 aliphatic carbocycles. The van der Waals surface area contributed by atoms with Crippen molar-refractivity contribution in [3.05, 3.63) is 89.0 Å². The van der Waals surface area contributed by atoms with Crippen LogP contribution in [0.5, 0.6) is 0 Å². The molecule has 3 aliphatic rings. The molecule has 0 fully saturated rings. The van der Waals surface area contributed by atoms with Gasteiger partial charge in [-0.05, 0) is 77.1 Å². The summed E-state index contributed by atoms with van der Waals surface area (Å²) in [5, 5.41) is 0. The number of Topliss-reactive ketones (excluding diaryl/α,β-unsaturated/α-hetero) is 1. The van der Waals surface area contributed by atoms with Crippen LogP contribution in [0.15, 0.2) is 61.2 Å². The first-order valence-electron chi connectivity index (χ1n) is 10.1. The Morgan fingerprint density at radius 3 is 2.74 bits per heavy atom. The zero-order valence-electron chi connectivity index (χ0n) is 15.6. The molecule has 2 aromatic rings. The number of rotatable bonds is 4. The van der Waals surface area contributed by atoms with Crippen molar-refractivity contribution in [3.8, 4) is 11.1 Å². The highest BCUT2D eigenvalue weighted by atomic mass is 16.1. The fraction of sp³-hybridized carbons (Fsp3) is 0.269. The lowest BCUT2D eigenvalue weighted by Crippen LogP contribution is -1.98. The van der Waals surface area contributed by atoms with Crippen molar-refractivity contribution < 1.29 is 4.79 Å². The number of hydrogen-bond acceptors (Lipinski definition) is 1. The monoisotopic (exact) mass is 352 g/mol. The average Bonchev–Trinajstić information content (AvgIpc) is 3.24.